The van der Waals surface area contributed by atoms with Gasteiger partial charge in [0.25, 0.3) is 0 Å². The summed E-state index contributed by atoms with van der Waals surface area (Å²) >= 11 is 0. The predicted octanol–water partition coefficient (Wildman–Crippen LogP) is 5.70. The van der Waals surface area contributed by atoms with Gasteiger partial charge in [-0.05, 0) is 49.9 Å². The Bertz CT molecular complexity index is 931. The summed E-state index contributed by atoms with van der Waals surface area (Å²) in [5.41, 5.74) is 1.44. The third-order valence-corrected chi connectivity index (χ3v) is 7.69. The standard InChI is InChI=1S/C24H33NO3S.ClH/c1-5-7-15-24(6-2)17-29(26,27)22-16-20(28-18(3)4)13-14-21(22)23(25-24)19-11-9-8-10-12-19;/h8-14,16,18,23,25H,5-7,15,17H2,1-4H3;1H. The van der Waals surface area contributed by atoms with E-state index < -0.39 is 15.4 Å². The summed E-state index contributed by atoms with van der Waals surface area (Å²) in [4.78, 5) is 0.392. The molecule has 6 heteroatoms. The number of sulfone groups is 1. The first-order valence-electron chi connectivity index (χ1n) is 10.7. The van der Waals surface area contributed by atoms with E-state index in [4.69, 9.17) is 4.74 Å². The van der Waals surface area contributed by atoms with Crippen molar-refractivity contribution in [2.75, 3.05) is 5.75 Å². The van der Waals surface area contributed by atoms with Crippen LogP contribution in [0.5, 0.6) is 5.75 Å². The van der Waals surface area contributed by atoms with Gasteiger partial charge in [0.2, 0.25) is 0 Å². The molecule has 1 N–H and O–H groups in total. The molecule has 2 aromatic rings. The maximum Gasteiger partial charge on any atom is 0.180 e. The van der Waals surface area contributed by atoms with E-state index in [-0.39, 0.29) is 30.3 Å². The van der Waals surface area contributed by atoms with Crippen molar-refractivity contribution in [1.29, 1.82) is 0 Å². The van der Waals surface area contributed by atoms with Gasteiger partial charge in [0, 0.05) is 5.54 Å². The van der Waals surface area contributed by atoms with Crippen molar-refractivity contribution in [3.8, 4) is 5.75 Å². The second-order valence-electron chi connectivity index (χ2n) is 8.35. The molecule has 3 rings (SSSR count). The van der Waals surface area contributed by atoms with E-state index in [9.17, 15) is 8.42 Å². The topological polar surface area (TPSA) is 55.4 Å². The van der Waals surface area contributed by atoms with Crippen molar-refractivity contribution in [1.82, 2.24) is 5.32 Å². The molecule has 0 saturated heterocycles. The molecule has 0 spiro atoms. The van der Waals surface area contributed by atoms with Gasteiger partial charge in [-0.2, -0.15) is 0 Å². The number of nitrogens with one attached hydrogen (secondary N) is 1. The summed E-state index contributed by atoms with van der Waals surface area (Å²) in [5, 5.41) is 3.78. The highest BCUT2D eigenvalue weighted by molar-refractivity contribution is 7.91. The predicted molar refractivity (Wildman–Crippen MR) is 125 cm³/mol. The summed E-state index contributed by atoms with van der Waals surface area (Å²) < 4.78 is 32.9. The van der Waals surface area contributed by atoms with Crippen LogP contribution in [0.15, 0.2) is 53.4 Å². The Hall–Kier alpha value is -1.56. The highest BCUT2D eigenvalue weighted by Crippen LogP contribution is 2.39. The Labute approximate surface area is 187 Å². The maximum absolute atomic E-state index is 13.5. The van der Waals surface area contributed by atoms with E-state index in [0.29, 0.717) is 10.6 Å². The van der Waals surface area contributed by atoms with Crippen LogP contribution >= 0.6 is 12.4 Å². The summed E-state index contributed by atoms with van der Waals surface area (Å²) in [6, 6.07) is 15.5. The van der Waals surface area contributed by atoms with Gasteiger partial charge < -0.3 is 4.74 Å². The number of hydrogen-bond acceptors (Lipinski definition) is 4. The third kappa shape index (κ3) is 5.37. The summed E-state index contributed by atoms with van der Waals surface area (Å²) in [6.45, 7) is 8.12. The molecule has 166 valence electrons. The van der Waals surface area contributed by atoms with E-state index in [1.54, 1.807) is 6.07 Å². The molecule has 2 aromatic carbocycles. The fraction of sp³-hybridized carbons (Fsp3) is 0.500. The first-order valence-corrected chi connectivity index (χ1v) is 12.3. The summed E-state index contributed by atoms with van der Waals surface area (Å²) in [7, 11) is -3.47. The van der Waals surface area contributed by atoms with Crippen LogP contribution in [0.1, 0.15) is 70.5 Å². The fourth-order valence-corrected chi connectivity index (χ4v) is 6.34. The van der Waals surface area contributed by atoms with E-state index in [0.717, 1.165) is 36.8 Å². The van der Waals surface area contributed by atoms with E-state index in [1.807, 2.05) is 44.2 Å². The van der Waals surface area contributed by atoms with E-state index in [2.05, 4.69) is 31.3 Å². The zero-order valence-electron chi connectivity index (χ0n) is 18.4. The molecule has 0 fully saturated rings. The Kier molecular flexibility index (Phi) is 8.37. The molecule has 0 aliphatic carbocycles. The lowest BCUT2D eigenvalue weighted by Crippen LogP contribution is -2.50. The molecule has 0 bridgehead atoms. The molecule has 1 aliphatic heterocycles. The number of ether oxygens (including phenoxy) is 1. The molecule has 0 amide bonds. The zero-order chi connectivity index (χ0) is 21.1. The quantitative estimate of drug-likeness (QED) is 0.586. The smallest absolute Gasteiger partial charge is 0.180 e. The molecule has 1 aliphatic rings. The highest BCUT2D eigenvalue weighted by atomic mass is 35.5. The lowest BCUT2D eigenvalue weighted by Gasteiger charge is -2.35. The van der Waals surface area contributed by atoms with Crippen LogP contribution < -0.4 is 10.1 Å². The second kappa shape index (κ2) is 10.2. The van der Waals surface area contributed by atoms with Crippen LogP contribution in [0, 0.1) is 0 Å². The first kappa shape index (κ1) is 24.7. The van der Waals surface area contributed by atoms with Gasteiger partial charge in [-0.3, -0.25) is 5.32 Å². The van der Waals surface area contributed by atoms with Gasteiger partial charge in [-0.25, -0.2) is 8.42 Å². The molecule has 30 heavy (non-hydrogen) atoms. The van der Waals surface area contributed by atoms with Gasteiger partial charge in [-0.15, -0.1) is 12.4 Å². The van der Waals surface area contributed by atoms with Crippen molar-refractivity contribution < 1.29 is 13.2 Å². The zero-order valence-corrected chi connectivity index (χ0v) is 20.0. The summed E-state index contributed by atoms with van der Waals surface area (Å²) in [5.74, 6) is 0.713. The molecule has 0 radical (unpaired) electrons. The fourth-order valence-electron chi connectivity index (χ4n) is 4.18. The maximum atomic E-state index is 13.5. The lowest BCUT2D eigenvalue weighted by atomic mass is 9.88. The van der Waals surface area contributed by atoms with Crippen molar-refractivity contribution >= 4 is 22.2 Å². The van der Waals surface area contributed by atoms with Crippen LogP contribution in [0.4, 0.5) is 0 Å². The van der Waals surface area contributed by atoms with Crippen LogP contribution in [0.25, 0.3) is 0 Å². The molecular formula is C24H34ClNO3S. The number of rotatable bonds is 7. The molecule has 4 nitrogen and oxygen atoms in total. The Morgan fingerprint density at radius 2 is 1.83 bits per heavy atom. The molecule has 2 unspecified atom stereocenters. The molecule has 2 atom stereocenters. The molecule has 0 aromatic heterocycles. The molecular weight excluding hydrogens is 418 g/mol. The van der Waals surface area contributed by atoms with Gasteiger partial charge in [0.1, 0.15) is 5.75 Å². The minimum atomic E-state index is -3.47. The van der Waals surface area contributed by atoms with E-state index in [1.165, 1.54) is 0 Å². The third-order valence-electron chi connectivity index (χ3n) is 5.74. The Morgan fingerprint density at radius 1 is 1.13 bits per heavy atom. The Morgan fingerprint density at radius 3 is 2.43 bits per heavy atom. The normalized spacial score (nSPS) is 22.6. The molecule has 0 saturated carbocycles. The van der Waals surface area contributed by atoms with Crippen LogP contribution in [-0.2, 0) is 9.84 Å². The van der Waals surface area contributed by atoms with Crippen molar-refractivity contribution in [3.63, 3.8) is 0 Å². The number of fused-ring (bicyclic) bond motifs is 1. The van der Waals surface area contributed by atoms with Crippen LogP contribution in [-0.4, -0.2) is 25.8 Å². The van der Waals surface area contributed by atoms with Crippen molar-refractivity contribution in [3.05, 3.63) is 59.7 Å². The minimum absolute atomic E-state index is 0. The van der Waals surface area contributed by atoms with Crippen molar-refractivity contribution in [2.24, 2.45) is 0 Å². The van der Waals surface area contributed by atoms with Gasteiger partial charge in [-0.1, -0.05) is 63.1 Å². The van der Waals surface area contributed by atoms with Crippen LogP contribution in [0.2, 0.25) is 0 Å². The number of benzene rings is 2. The van der Waals surface area contributed by atoms with Gasteiger partial charge >= 0.3 is 0 Å². The summed E-state index contributed by atoms with van der Waals surface area (Å²) in [6.07, 6.45) is 3.63. The second-order valence-corrected chi connectivity index (χ2v) is 10.3. The van der Waals surface area contributed by atoms with E-state index >= 15 is 0 Å². The Balaban J connectivity index is 0.00000320. The number of hydrogen-bond donors (Lipinski definition) is 1. The van der Waals surface area contributed by atoms with Crippen LogP contribution in [0.3, 0.4) is 0 Å². The largest absolute Gasteiger partial charge is 0.491 e. The lowest BCUT2D eigenvalue weighted by molar-refractivity contribution is 0.241. The SMILES string of the molecule is CCCCC1(CC)CS(=O)(=O)c2cc(OC(C)C)ccc2C(c2ccccc2)N1.Cl. The first-order chi connectivity index (χ1) is 13.8. The monoisotopic (exact) mass is 451 g/mol. The van der Waals surface area contributed by atoms with Gasteiger partial charge in [0.15, 0.2) is 9.84 Å². The number of halogens is 1. The average Bonchev–Trinajstić information content (AvgIpc) is 2.79. The number of unbranched alkanes of at least 4 members (excludes halogenated alkanes) is 1. The minimum Gasteiger partial charge on any atom is -0.491 e. The van der Waals surface area contributed by atoms with Crippen molar-refractivity contribution in [2.45, 2.75) is 76.0 Å². The highest BCUT2D eigenvalue weighted by Gasteiger charge is 2.41. The van der Waals surface area contributed by atoms with Gasteiger partial charge in [0.05, 0.1) is 22.8 Å². The molecule has 1 heterocycles. The average molecular weight is 452 g/mol.